The quantitative estimate of drug-likeness (QED) is 0.774. The highest BCUT2D eigenvalue weighted by molar-refractivity contribution is 7.91. The topological polar surface area (TPSA) is 57.9 Å². The lowest BCUT2D eigenvalue weighted by atomic mass is 9.50. The molecule has 0 aromatic heterocycles. The summed E-state index contributed by atoms with van der Waals surface area (Å²) in [6.07, 6.45) is 7.30. The largest absolute Gasteiger partial charge is 0.228 e. The lowest BCUT2D eigenvalue weighted by Gasteiger charge is -2.56. The third kappa shape index (κ3) is 2.10. The average molecular weight is 253 g/mol. The Kier molecular flexibility index (Phi) is 2.52. The Balaban J connectivity index is 1.81. The van der Waals surface area contributed by atoms with Gasteiger partial charge in [0, 0.05) is 0 Å². The highest BCUT2D eigenvalue weighted by Gasteiger charge is 2.52. The molecular formula is C13H19NO2S. The van der Waals surface area contributed by atoms with Gasteiger partial charge in [-0.05, 0) is 61.7 Å². The fourth-order valence-electron chi connectivity index (χ4n) is 5.08. The second kappa shape index (κ2) is 3.71. The first-order chi connectivity index (χ1) is 8.00. The summed E-state index contributed by atoms with van der Waals surface area (Å²) in [5.74, 6) is 2.31. The van der Waals surface area contributed by atoms with Crippen LogP contribution in [0, 0.1) is 34.5 Å². The van der Waals surface area contributed by atoms with Crippen molar-refractivity contribution in [2.45, 2.75) is 38.5 Å². The van der Waals surface area contributed by atoms with Gasteiger partial charge in [-0.2, -0.15) is 5.26 Å². The van der Waals surface area contributed by atoms with E-state index < -0.39 is 9.84 Å². The van der Waals surface area contributed by atoms with Gasteiger partial charge in [0.1, 0.15) is 5.75 Å². The fraction of sp³-hybridized carbons (Fsp3) is 0.923. The Morgan fingerprint density at radius 2 is 1.53 bits per heavy atom. The summed E-state index contributed by atoms with van der Waals surface area (Å²) in [6, 6.07) is 1.80. The molecule has 0 aromatic rings. The predicted octanol–water partition coefficient (Wildman–Crippen LogP) is 2.14. The smallest absolute Gasteiger partial charge is 0.164 e. The van der Waals surface area contributed by atoms with Crippen LogP contribution in [0.5, 0.6) is 0 Å². The van der Waals surface area contributed by atoms with Gasteiger partial charge in [0.05, 0.1) is 11.8 Å². The summed E-state index contributed by atoms with van der Waals surface area (Å²) >= 11 is 0. The Hall–Kier alpha value is -0.560. The summed E-state index contributed by atoms with van der Waals surface area (Å²) in [5.41, 5.74) is 0.0461. The van der Waals surface area contributed by atoms with E-state index in [-0.39, 0.29) is 16.9 Å². The maximum Gasteiger partial charge on any atom is 0.164 e. The molecule has 0 saturated heterocycles. The minimum atomic E-state index is -3.16. The van der Waals surface area contributed by atoms with E-state index in [1.807, 2.05) is 0 Å². The van der Waals surface area contributed by atoms with Gasteiger partial charge in [0.15, 0.2) is 9.84 Å². The van der Waals surface area contributed by atoms with Crippen LogP contribution in [0.1, 0.15) is 38.5 Å². The van der Waals surface area contributed by atoms with Crippen LogP contribution in [0.2, 0.25) is 0 Å². The first-order valence-corrected chi connectivity index (χ1v) is 8.40. The van der Waals surface area contributed by atoms with Gasteiger partial charge in [-0.25, -0.2) is 8.42 Å². The van der Waals surface area contributed by atoms with Crippen LogP contribution in [0.4, 0.5) is 0 Å². The van der Waals surface area contributed by atoms with E-state index in [2.05, 4.69) is 0 Å². The standard InChI is InChI=1S/C13H19NO2S/c14-1-2-17(15,16)9-13-6-10-3-11(7-13)5-12(4-10)8-13/h10-12H,2-9H2. The zero-order chi connectivity index (χ0) is 12.1. The van der Waals surface area contributed by atoms with Crippen molar-refractivity contribution in [1.29, 1.82) is 5.26 Å². The molecule has 3 nitrogen and oxygen atoms in total. The molecule has 4 saturated carbocycles. The second-order valence-corrected chi connectivity index (χ2v) is 8.67. The first kappa shape index (κ1) is 11.5. The summed E-state index contributed by atoms with van der Waals surface area (Å²) in [6.45, 7) is 0. The van der Waals surface area contributed by atoms with Crippen molar-refractivity contribution in [2.75, 3.05) is 11.5 Å². The Bertz CT molecular complexity index is 425. The minimum absolute atomic E-state index is 0.0461. The van der Waals surface area contributed by atoms with Crippen molar-refractivity contribution in [2.24, 2.45) is 23.2 Å². The monoisotopic (exact) mass is 253 g/mol. The zero-order valence-corrected chi connectivity index (χ0v) is 10.9. The third-order valence-electron chi connectivity index (χ3n) is 4.98. The van der Waals surface area contributed by atoms with Crippen molar-refractivity contribution >= 4 is 9.84 Å². The molecular weight excluding hydrogens is 234 g/mol. The molecule has 4 rings (SSSR count). The van der Waals surface area contributed by atoms with E-state index >= 15 is 0 Å². The first-order valence-electron chi connectivity index (χ1n) is 6.58. The molecule has 4 bridgehead atoms. The number of hydrogen-bond acceptors (Lipinski definition) is 3. The summed E-state index contributed by atoms with van der Waals surface area (Å²) in [7, 11) is -3.16. The van der Waals surface area contributed by atoms with Crippen molar-refractivity contribution in [1.82, 2.24) is 0 Å². The Morgan fingerprint density at radius 3 is 1.94 bits per heavy atom. The molecule has 0 radical (unpaired) electrons. The molecule has 0 amide bonds. The Labute approximate surface area is 103 Å². The van der Waals surface area contributed by atoms with Crippen molar-refractivity contribution in [3.63, 3.8) is 0 Å². The van der Waals surface area contributed by atoms with Crippen LogP contribution < -0.4 is 0 Å². The maximum absolute atomic E-state index is 11.9. The lowest BCUT2D eigenvalue weighted by molar-refractivity contribution is -0.0390. The summed E-state index contributed by atoms with van der Waals surface area (Å²) in [5, 5.41) is 8.59. The van der Waals surface area contributed by atoms with Crippen LogP contribution in [0.15, 0.2) is 0 Å². The Morgan fingerprint density at radius 1 is 1.06 bits per heavy atom. The number of sulfone groups is 1. The zero-order valence-electron chi connectivity index (χ0n) is 10.1. The third-order valence-corrected chi connectivity index (χ3v) is 6.60. The summed E-state index contributed by atoms with van der Waals surface area (Å²) in [4.78, 5) is 0. The van der Waals surface area contributed by atoms with Gasteiger partial charge in [-0.1, -0.05) is 0 Å². The van der Waals surface area contributed by atoms with Gasteiger partial charge in [-0.15, -0.1) is 0 Å². The van der Waals surface area contributed by atoms with Crippen LogP contribution in [0.3, 0.4) is 0 Å². The molecule has 4 fully saturated rings. The van der Waals surface area contributed by atoms with Crippen molar-refractivity contribution in [3.05, 3.63) is 0 Å². The highest BCUT2D eigenvalue weighted by Crippen LogP contribution is 2.60. The van der Waals surface area contributed by atoms with E-state index in [4.69, 9.17) is 5.26 Å². The van der Waals surface area contributed by atoms with Crippen LogP contribution in [-0.4, -0.2) is 19.9 Å². The van der Waals surface area contributed by atoms with Crippen molar-refractivity contribution < 1.29 is 8.42 Å². The molecule has 4 aliphatic rings. The normalized spacial score (nSPS) is 43.6. The van der Waals surface area contributed by atoms with Gasteiger partial charge in [0.2, 0.25) is 0 Å². The molecule has 94 valence electrons. The molecule has 17 heavy (non-hydrogen) atoms. The molecule has 0 unspecified atom stereocenters. The summed E-state index contributed by atoms with van der Waals surface area (Å²) < 4.78 is 23.8. The van der Waals surface area contributed by atoms with E-state index in [1.165, 1.54) is 19.3 Å². The van der Waals surface area contributed by atoms with Gasteiger partial charge < -0.3 is 0 Å². The average Bonchev–Trinajstić information content (AvgIpc) is 2.11. The molecule has 0 aliphatic heterocycles. The molecule has 0 heterocycles. The van der Waals surface area contributed by atoms with Gasteiger partial charge in [-0.3, -0.25) is 0 Å². The number of nitriles is 1. The molecule has 0 spiro atoms. The van der Waals surface area contributed by atoms with E-state index in [0.29, 0.717) is 0 Å². The maximum atomic E-state index is 11.9. The van der Waals surface area contributed by atoms with Crippen LogP contribution in [-0.2, 0) is 9.84 Å². The SMILES string of the molecule is N#CCS(=O)(=O)CC12CC3CC(CC(C3)C1)C2. The minimum Gasteiger partial charge on any atom is -0.228 e. The van der Waals surface area contributed by atoms with Crippen molar-refractivity contribution in [3.8, 4) is 6.07 Å². The second-order valence-electron chi connectivity index (χ2n) is 6.61. The predicted molar refractivity (Wildman–Crippen MR) is 64.9 cm³/mol. The van der Waals surface area contributed by atoms with Gasteiger partial charge >= 0.3 is 0 Å². The van der Waals surface area contributed by atoms with Gasteiger partial charge in [0.25, 0.3) is 0 Å². The molecule has 0 N–H and O–H groups in total. The van der Waals surface area contributed by atoms with Crippen LogP contribution >= 0.6 is 0 Å². The molecule has 0 atom stereocenters. The molecule has 0 aromatic carbocycles. The number of hydrogen-bond donors (Lipinski definition) is 0. The molecule has 4 aliphatic carbocycles. The fourth-order valence-corrected chi connectivity index (χ4v) is 6.67. The number of rotatable bonds is 3. The number of nitrogens with zero attached hydrogens (tertiary/aromatic N) is 1. The van der Waals surface area contributed by atoms with E-state index in [1.54, 1.807) is 6.07 Å². The van der Waals surface area contributed by atoms with Crippen LogP contribution in [0.25, 0.3) is 0 Å². The molecule has 4 heteroatoms. The highest BCUT2D eigenvalue weighted by atomic mass is 32.2. The van der Waals surface area contributed by atoms with E-state index in [9.17, 15) is 8.42 Å². The lowest BCUT2D eigenvalue weighted by Crippen LogP contribution is -2.49. The van der Waals surface area contributed by atoms with E-state index in [0.717, 1.165) is 37.0 Å².